The van der Waals surface area contributed by atoms with Crippen LogP contribution in [0.3, 0.4) is 0 Å². The number of methoxy groups -OCH3 is 1. The van der Waals surface area contributed by atoms with E-state index in [4.69, 9.17) is 4.74 Å². The van der Waals surface area contributed by atoms with Gasteiger partial charge in [0.05, 0.1) is 12.0 Å². The third-order valence-corrected chi connectivity index (χ3v) is 6.99. The van der Waals surface area contributed by atoms with Crippen LogP contribution >= 0.6 is 0 Å². The first-order chi connectivity index (χ1) is 12.3. The van der Waals surface area contributed by atoms with Gasteiger partial charge < -0.3 is 10.1 Å². The lowest BCUT2D eigenvalue weighted by atomic mass is 9.67. The molecule has 1 saturated heterocycles. The van der Waals surface area contributed by atoms with Crippen LogP contribution in [0.2, 0.25) is 0 Å². The van der Waals surface area contributed by atoms with Crippen molar-refractivity contribution in [3.8, 4) is 5.75 Å². The highest BCUT2D eigenvalue weighted by molar-refractivity contribution is 7.89. The molecule has 0 radical (unpaired) electrons. The fraction of sp³-hybridized carbons (Fsp3) is 0.550. The zero-order chi connectivity index (χ0) is 20.6. The van der Waals surface area contributed by atoms with Crippen LogP contribution in [0.25, 0.3) is 0 Å². The number of amides is 1. The Balaban J connectivity index is 2.39. The maximum atomic E-state index is 13.3. The molecule has 0 aliphatic carbocycles. The number of nitrogens with one attached hydrogen (secondary N) is 1. The molecule has 7 heteroatoms. The lowest BCUT2D eigenvalue weighted by molar-refractivity contribution is -0.120. The second kappa shape index (κ2) is 7.28. The second-order valence-electron chi connectivity index (χ2n) is 8.53. The first-order valence-electron chi connectivity index (χ1n) is 8.93. The van der Waals surface area contributed by atoms with Gasteiger partial charge in [-0.3, -0.25) is 4.79 Å². The molecule has 1 N–H and O–H groups in total. The van der Waals surface area contributed by atoms with Crippen LogP contribution in [0.5, 0.6) is 5.75 Å². The monoisotopic (exact) mass is 394 g/mol. The van der Waals surface area contributed by atoms with Gasteiger partial charge in [0.2, 0.25) is 15.9 Å². The summed E-state index contributed by atoms with van der Waals surface area (Å²) in [6.07, 6.45) is 1.25. The standard InChI is InChI=1S/C20H30N2O4S/c1-8-17(23)21-18-19(3,4)12-22(13-20(18,5)6)27(24,25)15-9-10-16(26-7)14(2)11-15/h8-11,18H,1,12-13H2,2-7H3,(H,21,23). The Morgan fingerprint density at radius 1 is 1.26 bits per heavy atom. The van der Waals surface area contributed by atoms with Gasteiger partial charge >= 0.3 is 0 Å². The number of piperidine rings is 1. The summed E-state index contributed by atoms with van der Waals surface area (Å²) in [4.78, 5) is 12.1. The molecule has 1 aliphatic heterocycles. The van der Waals surface area contributed by atoms with Crippen molar-refractivity contribution >= 4 is 15.9 Å². The summed E-state index contributed by atoms with van der Waals surface area (Å²) < 4.78 is 33.3. The van der Waals surface area contributed by atoms with Gasteiger partial charge in [0.1, 0.15) is 5.75 Å². The lowest BCUT2D eigenvalue weighted by Gasteiger charge is -2.52. The largest absolute Gasteiger partial charge is 0.496 e. The molecule has 0 saturated carbocycles. The molecule has 27 heavy (non-hydrogen) atoms. The van der Waals surface area contributed by atoms with E-state index in [0.29, 0.717) is 18.8 Å². The Bertz CT molecular complexity index is 826. The van der Waals surface area contributed by atoms with Crippen LogP contribution in [0.4, 0.5) is 0 Å². The van der Waals surface area contributed by atoms with Crippen molar-refractivity contribution in [1.29, 1.82) is 0 Å². The molecule has 0 atom stereocenters. The summed E-state index contributed by atoms with van der Waals surface area (Å²) in [5, 5.41) is 2.99. The van der Waals surface area contributed by atoms with E-state index >= 15 is 0 Å². The predicted molar refractivity (Wildman–Crippen MR) is 106 cm³/mol. The second-order valence-corrected chi connectivity index (χ2v) is 10.5. The van der Waals surface area contributed by atoms with Crippen LogP contribution in [0.15, 0.2) is 35.7 Å². The Hall–Kier alpha value is -1.86. The molecule has 1 aliphatic rings. The van der Waals surface area contributed by atoms with Gasteiger partial charge in [-0.15, -0.1) is 0 Å². The Kier molecular flexibility index (Phi) is 5.78. The van der Waals surface area contributed by atoms with Gasteiger partial charge in [0.25, 0.3) is 0 Å². The Morgan fingerprint density at radius 3 is 2.26 bits per heavy atom. The van der Waals surface area contributed by atoms with Gasteiger partial charge in [-0.05, 0) is 47.6 Å². The molecule has 0 unspecified atom stereocenters. The van der Waals surface area contributed by atoms with Crippen molar-refractivity contribution in [2.75, 3.05) is 20.2 Å². The topological polar surface area (TPSA) is 75.7 Å². The normalized spacial score (nSPS) is 20.1. The third-order valence-electron chi connectivity index (χ3n) is 5.21. The summed E-state index contributed by atoms with van der Waals surface area (Å²) in [6, 6.07) is 4.71. The van der Waals surface area contributed by atoms with Crippen molar-refractivity contribution in [2.45, 2.75) is 45.6 Å². The number of carbonyl (C=O) groups excluding carboxylic acids is 1. The summed E-state index contributed by atoms with van der Waals surface area (Å²) in [6.45, 7) is 13.9. The minimum Gasteiger partial charge on any atom is -0.496 e. The van der Waals surface area contributed by atoms with Crippen LogP contribution < -0.4 is 10.1 Å². The number of hydrogen-bond donors (Lipinski definition) is 1. The third kappa shape index (κ3) is 4.19. The molecule has 1 aromatic rings. The molecular weight excluding hydrogens is 364 g/mol. The molecule has 1 aromatic carbocycles. The molecule has 0 aromatic heterocycles. The first-order valence-corrected chi connectivity index (χ1v) is 10.4. The van der Waals surface area contributed by atoms with Crippen molar-refractivity contribution in [1.82, 2.24) is 9.62 Å². The van der Waals surface area contributed by atoms with E-state index < -0.39 is 20.9 Å². The van der Waals surface area contributed by atoms with Crippen LogP contribution in [0, 0.1) is 17.8 Å². The summed E-state index contributed by atoms with van der Waals surface area (Å²) in [7, 11) is -2.10. The number of ether oxygens (including phenoxy) is 1. The van der Waals surface area contributed by atoms with E-state index in [1.165, 1.54) is 10.4 Å². The first kappa shape index (κ1) is 21.4. The molecular formula is C20H30N2O4S. The van der Waals surface area contributed by atoms with E-state index in [2.05, 4.69) is 11.9 Å². The van der Waals surface area contributed by atoms with Gasteiger partial charge in [-0.2, -0.15) is 4.31 Å². The molecule has 150 valence electrons. The minimum absolute atomic E-state index is 0.181. The van der Waals surface area contributed by atoms with E-state index in [1.54, 1.807) is 25.3 Å². The summed E-state index contributed by atoms with van der Waals surface area (Å²) in [5.41, 5.74) is -0.130. The molecule has 1 amide bonds. The highest BCUT2D eigenvalue weighted by Gasteiger charge is 2.50. The zero-order valence-electron chi connectivity index (χ0n) is 17.0. The molecule has 2 rings (SSSR count). The smallest absolute Gasteiger partial charge is 0.243 e. The molecule has 1 fully saturated rings. The van der Waals surface area contributed by atoms with E-state index in [1.807, 2.05) is 34.6 Å². The molecule has 6 nitrogen and oxygen atoms in total. The van der Waals surface area contributed by atoms with E-state index in [9.17, 15) is 13.2 Å². The van der Waals surface area contributed by atoms with Gasteiger partial charge in [-0.1, -0.05) is 34.3 Å². The number of rotatable bonds is 5. The highest BCUT2D eigenvalue weighted by atomic mass is 32.2. The number of sulfonamides is 1. The van der Waals surface area contributed by atoms with Crippen LogP contribution in [-0.2, 0) is 14.8 Å². The number of carbonyl (C=O) groups is 1. The lowest BCUT2D eigenvalue weighted by Crippen LogP contribution is -2.64. The number of nitrogens with zero attached hydrogens (tertiary/aromatic N) is 1. The maximum absolute atomic E-state index is 13.3. The Labute approximate surface area is 162 Å². The molecule has 0 bridgehead atoms. The van der Waals surface area contributed by atoms with Gasteiger partial charge in [0, 0.05) is 19.1 Å². The maximum Gasteiger partial charge on any atom is 0.243 e. The SMILES string of the molecule is C=CC(=O)NC1C(C)(C)CN(S(=O)(=O)c2ccc(OC)c(C)c2)CC1(C)C. The highest BCUT2D eigenvalue weighted by Crippen LogP contribution is 2.42. The number of benzene rings is 1. The van der Waals surface area contributed by atoms with Gasteiger partial charge in [-0.25, -0.2) is 8.42 Å². The fourth-order valence-electron chi connectivity index (χ4n) is 4.13. The molecule has 1 heterocycles. The van der Waals surface area contributed by atoms with Crippen molar-refractivity contribution in [3.63, 3.8) is 0 Å². The average molecular weight is 395 g/mol. The van der Waals surface area contributed by atoms with E-state index in [0.717, 1.165) is 5.56 Å². The van der Waals surface area contributed by atoms with Crippen LogP contribution in [0.1, 0.15) is 33.3 Å². The molecule has 0 spiro atoms. The Morgan fingerprint density at radius 2 is 1.81 bits per heavy atom. The van der Waals surface area contributed by atoms with E-state index in [-0.39, 0.29) is 16.8 Å². The number of aryl methyl sites for hydroxylation is 1. The summed E-state index contributed by atoms with van der Waals surface area (Å²) in [5.74, 6) is 0.406. The summed E-state index contributed by atoms with van der Waals surface area (Å²) >= 11 is 0. The number of hydrogen-bond acceptors (Lipinski definition) is 4. The minimum atomic E-state index is -3.66. The zero-order valence-corrected chi connectivity index (χ0v) is 17.8. The van der Waals surface area contributed by atoms with Crippen LogP contribution in [-0.4, -0.2) is 44.9 Å². The fourth-order valence-corrected chi connectivity index (χ4v) is 6.00. The van der Waals surface area contributed by atoms with Gasteiger partial charge in [0.15, 0.2) is 0 Å². The quantitative estimate of drug-likeness (QED) is 0.779. The van der Waals surface area contributed by atoms with Crippen molar-refractivity contribution in [2.24, 2.45) is 10.8 Å². The van der Waals surface area contributed by atoms with Crippen molar-refractivity contribution in [3.05, 3.63) is 36.4 Å². The van der Waals surface area contributed by atoms with Crippen molar-refractivity contribution < 1.29 is 17.9 Å². The predicted octanol–water partition coefficient (Wildman–Crippen LogP) is 2.73. The average Bonchev–Trinajstić information content (AvgIpc) is 2.56.